The van der Waals surface area contributed by atoms with Crippen molar-refractivity contribution >= 4 is 34.4 Å². The van der Waals surface area contributed by atoms with E-state index >= 15 is 0 Å². The third kappa shape index (κ3) is 2.83. The summed E-state index contributed by atoms with van der Waals surface area (Å²) >= 11 is 3.99. The number of hydrogen-bond donors (Lipinski definition) is 0. The summed E-state index contributed by atoms with van der Waals surface area (Å²) in [4.78, 5) is 4.22. The number of thioether (sulfide) groups is 1. The minimum Gasteiger partial charge on any atom is -0.249 e. The molecule has 0 unspecified atom stereocenters. The fraction of sp³-hybridized carbons (Fsp3) is 0.125. The van der Waals surface area contributed by atoms with Crippen LogP contribution in [-0.2, 0) is 0 Å². The molecular weight excluding hydrogens is 269 g/mol. The fourth-order valence-electron chi connectivity index (χ4n) is 0.615. The van der Waals surface area contributed by atoms with Crippen molar-refractivity contribution in [2.45, 2.75) is 5.03 Å². The van der Waals surface area contributed by atoms with E-state index in [0.29, 0.717) is 0 Å². The summed E-state index contributed by atoms with van der Waals surface area (Å²) in [6, 6.07) is 4.00. The van der Waals surface area contributed by atoms with E-state index in [1.54, 1.807) is 11.8 Å². The molecule has 1 nitrogen and oxygen atoms in total. The minimum atomic E-state index is 0.924. The lowest BCUT2D eigenvalue weighted by Crippen LogP contribution is -1.83. The smallest absolute Gasteiger partial charge is 0.110 e. The second-order valence-electron chi connectivity index (χ2n) is 1.89. The van der Waals surface area contributed by atoms with Gasteiger partial charge in [0.1, 0.15) is 5.03 Å². The third-order valence-corrected chi connectivity index (χ3v) is 3.30. The Kier molecular flexibility index (Phi) is 3.93. The Bertz CT molecular complexity index is 250. The number of aromatic nitrogens is 1. The lowest BCUT2D eigenvalue weighted by Gasteiger charge is -1.98. The Hall–Kier alpha value is -0.0300. The van der Waals surface area contributed by atoms with Crippen LogP contribution in [0.2, 0.25) is 0 Å². The van der Waals surface area contributed by atoms with Crippen LogP contribution in [0, 0.1) is 3.57 Å². The molecule has 0 aromatic carbocycles. The van der Waals surface area contributed by atoms with Crippen LogP contribution in [-0.4, -0.2) is 10.7 Å². The highest BCUT2D eigenvalue weighted by Gasteiger charge is 1.97. The molecule has 11 heavy (non-hydrogen) atoms. The highest BCUT2D eigenvalue weighted by atomic mass is 127. The van der Waals surface area contributed by atoms with E-state index in [-0.39, 0.29) is 0 Å². The maximum Gasteiger partial charge on any atom is 0.110 e. The molecule has 0 aliphatic rings. The molecule has 1 aromatic heterocycles. The van der Waals surface area contributed by atoms with Gasteiger partial charge in [0.05, 0.1) is 0 Å². The molecule has 0 saturated carbocycles. The SMILES string of the molecule is C=CCSc1ncccc1I. The Morgan fingerprint density at radius 2 is 2.55 bits per heavy atom. The molecule has 0 atom stereocenters. The number of rotatable bonds is 3. The molecular formula is C8H8INS. The van der Waals surface area contributed by atoms with Gasteiger partial charge in [-0.15, -0.1) is 18.3 Å². The van der Waals surface area contributed by atoms with E-state index in [1.807, 2.05) is 18.3 Å². The number of hydrogen-bond acceptors (Lipinski definition) is 2. The van der Waals surface area contributed by atoms with Crippen molar-refractivity contribution in [3.63, 3.8) is 0 Å². The standard InChI is InChI=1S/C8H8INS/c1-2-6-11-8-7(9)4-3-5-10-8/h2-5H,1,6H2. The maximum absolute atomic E-state index is 4.22. The van der Waals surface area contributed by atoms with Gasteiger partial charge in [0.2, 0.25) is 0 Å². The zero-order chi connectivity index (χ0) is 8.10. The first-order valence-electron chi connectivity index (χ1n) is 3.19. The molecule has 0 bridgehead atoms. The molecule has 0 fully saturated rings. The van der Waals surface area contributed by atoms with Crippen LogP contribution >= 0.6 is 34.4 Å². The van der Waals surface area contributed by atoms with Crippen molar-refractivity contribution in [2.75, 3.05) is 5.75 Å². The van der Waals surface area contributed by atoms with Gasteiger partial charge in [-0.05, 0) is 34.7 Å². The first-order chi connectivity index (χ1) is 5.34. The molecule has 0 radical (unpaired) electrons. The largest absolute Gasteiger partial charge is 0.249 e. The summed E-state index contributed by atoms with van der Waals surface area (Å²) in [5.41, 5.74) is 0. The predicted molar refractivity (Wildman–Crippen MR) is 57.9 cm³/mol. The topological polar surface area (TPSA) is 12.9 Å². The summed E-state index contributed by atoms with van der Waals surface area (Å²) in [5.74, 6) is 0.924. The van der Waals surface area contributed by atoms with Crippen molar-refractivity contribution < 1.29 is 0 Å². The van der Waals surface area contributed by atoms with E-state index in [0.717, 1.165) is 10.8 Å². The lowest BCUT2D eigenvalue weighted by molar-refractivity contribution is 1.11. The van der Waals surface area contributed by atoms with Gasteiger partial charge in [-0.3, -0.25) is 0 Å². The van der Waals surface area contributed by atoms with Crippen LogP contribution in [0.3, 0.4) is 0 Å². The Labute approximate surface area is 84.4 Å². The van der Waals surface area contributed by atoms with Crippen LogP contribution < -0.4 is 0 Å². The summed E-state index contributed by atoms with van der Waals surface area (Å²) in [6.07, 6.45) is 3.70. The van der Waals surface area contributed by atoms with Crippen LogP contribution in [0.1, 0.15) is 0 Å². The molecule has 0 N–H and O–H groups in total. The van der Waals surface area contributed by atoms with Crippen molar-refractivity contribution in [1.29, 1.82) is 0 Å². The number of nitrogens with zero attached hydrogens (tertiary/aromatic N) is 1. The minimum absolute atomic E-state index is 0.924. The van der Waals surface area contributed by atoms with E-state index in [4.69, 9.17) is 0 Å². The second-order valence-corrected chi connectivity index (χ2v) is 4.06. The van der Waals surface area contributed by atoms with Gasteiger partial charge < -0.3 is 0 Å². The van der Waals surface area contributed by atoms with Gasteiger partial charge in [-0.1, -0.05) is 6.08 Å². The molecule has 0 aliphatic carbocycles. The van der Waals surface area contributed by atoms with E-state index in [1.165, 1.54) is 3.57 Å². The highest BCUT2D eigenvalue weighted by Crippen LogP contribution is 2.20. The molecule has 0 saturated heterocycles. The molecule has 3 heteroatoms. The van der Waals surface area contributed by atoms with Gasteiger partial charge in [-0.25, -0.2) is 4.98 Å². The van der Waals surface area contributed by atoms with Gasteiger partial charge in [0.25, 0.3) is 0 Å². The monoisotopic (exact) mass is 277 g/mol. The first-order valence-corrected chi connectivity index (χ1v) is 5.25. The summed E-state index contributed by atoms with van der Waals surface area (Å²) in [5, 5.41) is 1.09. The summed E-state index contributed by atoms with van der Waals surface area (Å²) in [7, 11) is 0. The average molecular weight is 277 g/mol. The molecule has 0 aliphatic heterocycles. The van der Waals surface area contributed by atoms with Crippen molar-refractivity contribution in [3.05, 3.63) is 34.6 Å². The Balaban J connectivity index is 2.69. The van der Waals surface area contributed by atoms with Crippen LogP contribution in [0.5, 0.6) is 0 Å². The Morgan fingerprint density at radius 3 is 3.18 bits per heavy atom. The third-order valence-electron chi connectivity index (χ3n) is 1.06. The lowest BCUT2D eigenvalue weighted by atomic mass is 10.5. The zero-order valence-electron chi connectivity index (χ0n) is 5.96. The molecule has 58 valence electrons. The predicted octanol–water partition coefficient (Wildman–Crippen LogP) is 2.96. The van der Waals surface area contributed by atoms with Crippen LogP contribution in [0.4, 0.5) is 0 Å². The Morgan fingerprint density at radius 1 is 1.73 bits per heavy atom. The summed E-state index contributed by atoms with van der Waals surface area (Å²) in [6.45, 7) is 3.65. The molecule has 0 amide bonds. The van der Waals surface area contributed by atoms with Crippen molar-refractivity contribution in [3.8, 4) is 0 Å². The van der Waals surface area contributed by atoms with E-state index < -0.39 is 0 Å². The fourth-order valence-corrected chi connectivity index (χ4v) is 2.05. The highest BCUT2D eigenvalue weighted by molar-refractivity contribution is 14.1. The normalized spacial score (nSPS) is 9.55. The zero-order valence-corrected chi connectivity index (χ0v) is 8.93. The maximum atomic E-state index is 4.22. The van der Waals surface area contributed by atoms with Crippen LogP contribution in [0.15, 0.2) is 36.0 Å². The average Bonchev–Trinajstić information content (AvgIpc) is 2.03. The van der Waals surface area contributed by atoms with E-state index in [2.05, 4.69) is 40.2 Å². The quantitative estimate of drug-likeness (QED) is 0.478. The van der Waals surface area contributed by atoms with Gasteiger partial charge in [0.15, 0.2) is 0 Å². The van der Waals surface area contributed by atoms with Gasteiger partial charge >= 0.3 is 0 Å². The molecule has 0 spiro atoms. The van der Waals surface area contributed by atoms with Crippen LogP contribution in [0.25, 0.3) is 0 Å². The number of halogens is 1. The van der Waals surface area contributed by atoms with E-state index in [9.17, 15) is 0 Å². The van der Waals surface area contributed by atoms with Gasteiger partial charge in [0, 0.05) is 15.5 Å². The second kappa shape index (κ2) is 4.77. The van der Waals surface area contributed by atoms with Crippen molar-refractivity contribution in [1.82, 2.24) is 4.98 Å². The molecule has 1 heterocycles. The van der Waals surface area contributed by atoms with Gasteiger partial charge in [-0.2, -0.15) is 0 Å². The molecule has 1 rings (SSSR count). The summed E-state index contributed by atoms with van der Waals surface area (Å²) < 4.78 is 1.21. The van der Waals surface area contributed by atoms with Crippen molar-refractivity contribution in [2.24, 2.45) is 0 Å². The molecule has 1 aromatic rings. The first kappa shape index (κ1) is 9.06. The number of pyridine rings is 1.